The van der Waals surface area contributed by atoms with E-state index in [9.17, 15) is 9.59 Å². The summed E-state index contributed by atoms with van der Waals surface area (Å²) >= 11 is 0. The van der Waals surface area contributed by atoms with Gasteiger partial charge in [-0.2, -0.15) is 0 Å². The molecule has 2 aromatic carbocycles. The first-order valence-corrected chi connectivity index (χ1v) is 15.9. The third-order valence-electron chi connectivity index (χ3n) is 6.78. The van der Waals surface area contributed by atoms with E-state index < -0.39 is 0 Å². The molecule has 0 saturated carbocycles. The van der Waals surface area contributed by atoms with Crippen LogP contribution in [0.3, 0.4) is 0 Å². The maximum Gasteiger partial charge on any atom is 0.252 e. The average molecular weight is 559 g/mol. The predicted octanol–water partition coefficient (Wildman–Crippen LogP) is 5.86. The molecule has 0 aliphatic heterocycles. The van der Waals surface area contributed by atoms with Crippen LogP contribution >= 0.6 is 21.6 Å². The van der Waals surface area contributed by atoms with Gasteiger partial charge in [-0.1, -0.05) is 61.4 Å². The van der Waals surface area contributed by atoms with E-state index in [4.69, 9.17) is 0 Å². The Morgan fingerprint density at radius 1 is 0.632 bits per heavy atom. The fourth-order valence-electron chi connectivity index (χ4n) is 4.57. The van der Waals surface area contributed by atoms with E-state index in [0.717, 1.165) is 71.3 Å². The fraction of sp³-hybridized carbons (Fsp3) is 0.533. The van der Waals surface area contributed by atoms with Gasteiger partial charge in [0.05, 0.1) is 11.1 Å². The Hall–Kier alpha value is -2.00. The Kier molecular flexibility index (Phi) is 13.7. The molecular weight excluding hydrogens is 512 g/mol. The molecule has 0 aliphatic rings. The minimum absolute atomic E-state index is 0.0486. The summed E-state index contributed by atoms with van der Waals surface area (Å²) in [6, 6.07) is 8.24. The minimum atomic E-state index is -0.0486. The number of aryl methyl sites for hydroxylation is 4. The monoisotopic (exact) mass is 558 g/mol. The molecule has 0 fully saturated rings. The number of amides is 2. The second-order valence-corrected chi connectivity index (χ2v) is 11.9. The molecule has 0 bridgehead atoms. The van der Waals surface area contributed by atoms with Gasteiger partial charge in [-0.15, -0.1) is 0 Å². The zero-order chi connectivity index (χ0) is 28.2. The van der Waals surface area contributed by atoms with Crippen LogP contribution in [0.2, 0.25) is 0 Å². The lowest BCUT2D eigenvalue weighted by molar-refractivity contribution is 0.0937. The Morgan fingerprint density at radius 2 is 0.974 bits per heavy atom. The van der Waals surface area contributed by atoms with Gasteiger partial charge in [-0.3, -0.25) is 9.59 Å². The highest BCUT2D eigenvalue weighted by Gasteiger charge is 2.20. The molecule has 0 spiro atoms. The van der Waals surface area contributed by atoms with Gasteiger partial charge in [0, 0.05) is 36.0 Å². The van der Waals surface area contributed by atoms with Gasteiger partial charge in [0.25, 0.3) is 11.8 Å². The predicted molar refractivity (Wildman–Crippen MR) is 164 cm³/mol. The molecule has 8 heteroatoms. The van der Waals surface area contributed by atoms with E-state index in [-0.39, 0.29) is 11.8 Å². The third-order valence-corrected chi connectivity index (χ3v) is 9.19. The van der Waals surface area contributed by atoms with E-state index in [1.807, 2.05) is 13.8 Å². The lowest BCUT2D eigenvalue weighted by Gasteiger charge is -2.20. The lowest BCUT2D eigenvalue weighted by atomic mass is 10.0. The first kappa shape index (κ1) is 32.2. The van der Waals surface area contributed by atoms with Crippen LogP contribution in [-0.4, -0.2) is 74.0 Å². The normalized spacial score (nSPS) is 11.3. The van der Waals surface area contributed by atoms with Gasteiger partial charge < -0.3 is 20.4 Å². The molecule has 38 heavy (non-hydrogen) atoms. The van der Waals surface area contributed by atoms with Crippen molar-refractivity contribution in [2.75, 3.05) is 52.4 Å². The van der Waals surface area contributed by atoms with Crippen LogP contribution in [0.25, 0.3) is 0 Å². The SMILES string of the molecule is CCN(CC)CCNC(=O)c1c(C)cc(C)cc1SSc1cc(C)cc(C)c1C(=O)NCCN(CC)CC. The molecule has 0 atom stereocenters. The number of carbonyl (C=O) groups excluding carboxylic acids is 2. The zero-order valence-corrected chi connectivity index (χ0v) is 26.1. The maximum absolute atomic E-state index is 13.3. The minimum Gasteiger partial charge on any atom is -0.351 e. The smallest absolute Gasteiger partial charge is 0.252 e. The molecule has 0 radical (unpaired) electrons. The largest absolute Gasteiger partial charge is 0.351 e. The Labute approximate surface area is 238 Å². The Morgan fingerprint density at radius 3 is 1.29 bits per heavy atom. The van der Waals surface area contributed by atoms with Gasteiger partial charge in [0.1, 0.15) is 0 Å². The van der Waals surface area contributed by atoms with Crippen LogP contribution in [0.5, 0.6) is 0 Å². The summed E-state index contributed by atoms with van der Waals surface area (Å²) in [5.74, 6) is -0.0971. The van der Waals surface area contributed by atoms with Crippen molar-refractivity contribution in [3.63, 3.8) is 0 Å². The lowest BCUT2D eigenvalue weighted by Crippen LogP contribution is -2.35. The highest BCUT2D eigenvalue weighted by atomic mass is 33.1. The molecule has 0 unspecified atom stereocenters. The van der Waals surface area contributed by atoms with Crippen molar-refractivity contribution in [2.24, 2.45) is 0 Å². The van der Waals surface area contributed by atoms with Crippen molar-refractivity contribution < 1.29 is 9.59 Å². The number of benzene rings is 2. The first-order chi connectivity index (χ1) is 18.1. The van der Waals surface area contributed by atoms with Crippen molar-refractivity contribution in [3.8, 4) is 0 Å². The molecule has 2 aromatic rings. The molecule has 2 amide bonds. The van der Waals surface area contributed by atoms with Crippen molar-refractivity contribution in [2.45, 2.75) is 65.2 Å². The van der Waals surface area contributed by atoms with E-state index in [0.29, 0.717) is 24.2 Å². The van der Waals surface area contributed by atoms with Crippen molar-refractivity contribution in [1.29, 1.82) is 0 Å². The second-order valence-electron chi connectivity index (χ2n) is 9.64. The van der Waals surface area contributed by atoms with Crippen molar-refractivity contribution >= 4 is 33.4 Å². The number of likely N-dealkylation sites (N-methyl/N-ethyl adjacent to an activating group) is 2. The average Bonchev–Trinajstić information content (AvgIpc) is 2.87. The molecule has 2 N–H and O–H groups in total. The van der Waals surface area contributed by atoms with Crippen LogP contribution in [0.4, 0.5) is 0 Å². The summed E-state index contributed by atoms with van der Waals surface area (Å²) in [5, 5.41) is 6.23. The summed E-state index contributed by atoms with van der Waals surface area (Å²) < 4.78 is 0. The summed E-state index contributed by atoms with van der Waals surface area (Å²) in [5.41, 5.74) is 5.57. The first-order valence-electron chi connectivity index (χ1n) is 13.7. The van der Waals surface area contributed by atoms with Crippen LogP contribution in [-0.2, 0) is 0 Å². The third kappa shape index (κ3) is 9.33. The highest BCUT2D eigenvalue weighted by Crippen LogP contribution is 2.42. The summed E-state index contributed by atoms with van der Waals surface area (Å²) in [4.78, 5) is 32.9. The molecule has 0 heterocycles. The van der Waals surface area contributed by atoms with Crippen molar-refractivity contribution in [3.05, 3.63) is 57.6 Å². The van der Waals surface area contributed by atoms with Crippen LogP contribution in [0.15, 0.2) is 34.1 Å². The molecule has 6 nitrogen and oxygen atoms in total. The molecule has 0 aromatic heterocycles. The molecular formula is C30H46N4O2S2. The summed E-state index contributed by atoms with van der Waals surface area (Å²) in [6.45, 7) is 23.4. The number of nitrogens with one attached hydrogen (secondary N) is 2. The van der Waals surface area contributed by atoms with Gasteiger partial charge in [0.15, 0.2) is 0 Å². The second kappa shape index (κ2) is 16.2. The Balaban J connectivity index is 2.23. The number of hydrogen-bond acceptors (Lipinski definition) is 6. The van der Waals surface area contributed by atoms with Crippen LogP contribution in [0.1, 0.15) is 70.7 Å². The highest BCUT2D eigenvalue weighted by molar-refractivity contribution is 8.76. The zero-order valence-electron chi connectivity index (χ0n) is 24.5. The summed E-state index contributed by atoms with van der Waals surface area (Å²) in [6.07, 6.45) is 0. The van der Waals surface area contributed by atoms with E-state index >= 15 is 0 Å². The number of carbonyl (C=O) groups is 2. The number of rotatable bonds is 15. The van der Waals surface area contributed by atoms with Crippen LogP contribution < -0.4 is 10.6 Å². The van der Waals surface area contributed by atoms with Crippen molar-refractivity contribution in [1.82, 2.24) is 20.4 Å². The molecule has 210 valence electrons. The molecule has 0 aliphatic carbocycles. The fourth-order valence-corrected chi connectivity index (χ4v) is 7.22. The van der Waals surface area contributed by atoms with Gasteiger partial charge in [0.2, 0.25) is 0 Å². The molecule has 2 rings (SSSR count). The molecule has 0 saturated heterocycles. The summed E-state index contributed by atoms with van der Waals surface area (Å²) in [7, 11) is 3.10. The topological polar surface area (TPSA) is 64.7 Å². The van der Waals surface area contributed by atoms with Gasteiger partial charge in [-0.05, 0) is 88.3 Å². The van der Waals surface area contributed by atoms with E-state index in [1.54, 1.807) is 21.6 Å². The standard InChI is InChI=1S/C30H46N4O2S2/c1-9-33(10-2)15-13-31-29(35)27-23(7)17-21(5)19-25(27)37-38-26-20-22(6)18-24(8)28(26)30(36)32-14-16-34(11-3)12-4/h17-20H,9-16H2,1-8H3,(H,31,35)(H,32,36). The quantitative estimate of drug-likeness (QED) is 0.267. The number of nitrogens with zero attached hydrogens (tertiary/aromatic N) is 2. The van der Waals surface area contributed by atoms with Gasteiger partial charge >= 0.3 is 0 Å². The van der Waals surface area contributed by atoms with E-state index in [1.165, 1.54) is 0 Å². The number of hydrogen-bond donors (Lipinski definition) is 2. The maximum atomic E-state index is 13.3. The van der Waals surface area contributed by atoms with Crippen LogP contribution in [0, 0.1) is 27.7 Å². The van der Waals surface area contributed by atoms with Gasteiger partial charge in [-0.25, -0.2) is 0 Å². The Bertz CT molecular complexity index is 997. The van der Waals surface area contributed by atoms with E-state index in [2.05, 4.69) is 86.2 Å².